The fourth-order valence-corrected chi connectivity index (χ4v) is 4.37. The van der Waals surface area contributed by atoms with Crippen molar-refractivity contribution in [3.8, 4) is 17.6 Å². The van der Waals surface area contributed by atoms with Gasteiger partial charge in [0.1, 0.15) is 10.9 Å². The summed E-state index contributed by atoms with van der Waals surface area (Å²) in [7, 11) is 3.09. The van der Waals surface area contributed by atoms with E-state index in [-0.39, 0.29) is 31.3 Å². The van der Waals surface area contributed by atoms with Gasteiger partial charge in [0.15, 0.2) is 11.5 Å². The van der Waals surface area contributed by atoms with Crippen LogP contribution in [-0.2, 0) is 9.59 Å². The van der Waals surface area contributed by atoms with Crippen LogP contribution in [0.3, 0.4) is 0 Å². The molecule has 0 radical (unpaired) electrons. The number of hydrogen-bond donors (Lipinski definition) is 0. The molecule has 2 amide bonds. The minimum Gasteiger partial charge on any atom is -0.493 e. The fraction of sp³-hybridized carbons (Fsp3) is 0.217. The summed E-state index contributed by atoms with van der Waals surface area (Å²) in [4.78, 5) is 29.2. The molecule has 0 aromatic heterocycles. The third-order valence-electron chi connectivity index (χ3n) is 4.69. The molecule has 0 aliphatic carbocycles. The SMILES string of the molecule is COc1ccc(C=C2SC(=S)N(CC(=O)N(CCC#N)c3ccccc3)C2=O)cc1OC. The van der Waals surface area contributed by atoms with Crippen LogP contribution in [0.25, 0.3) is 6.08 Å². The summed E-state index contributed by atoms with van der Waals surface area (Å²) in [6, 6.07) is 16.4. The van der Waals surface area contributed by atoms with Crippen LogP contribution in [0.2, 0.25) is 0 Å². The zero-order valence-corrected chi connectivity index (χ0v) is 19.2. The van der Waals surface area contributed by atoms with Gasteiger partial charge in [-0.25, -0.2) is 0 Å². The molecule has 1 saturated heterocycles. The number of thiocarbonyl (C=S) groups is 1. The van der Waals surface area contributed by atoms with Crippen molar-refractivity contribution in [2.75, 3.05) is 32.2 Å². The standard InChI is InChI=1S/C23H21N3O4S2/c1-29-18-10-9-16(13-19(18)30-2)14-20-22(28)26(23(31)32-20)15-21(27)25(12-6-11-24)17-7-4-3-5-8-17/h3-5,7-10,13-14H,6,12,15H2,1-2H3. The van der Waals surface area contributed by atoms with Crippen molar-refractivity contribution in [3.05, 3.63) is 59.0 Å². The number of thioether (sulfide) groups is 1. The number of nitriles is 1. The van der Waals surface area contributed by atoms with E-state index in [0.29, 0.717) is 26.4 Å². The maximum absolute atomic E-state index is 13.0. The molecule has 0 bridgehead atoms. The smallest absolute Gasteiger partial charge is 0.266 e. The lowest BCUT2D eigenvalue weighted by Gasteiger charge is -2.24. The average Bonchev–Trinajstić information content (AvgIpc) is 3.07. The van der Waals surface area contributed by atoms with E-state index in [0.717, 1.165) is 17.3 Å². The van der Waals surface area contributed by atoms with Crippen molar-refractivity contribution < 1.29 is 19.1 Å². The molecule has 2 aromatic carbocycles. The van der Waals surface area contributed by atoms with Gasteiger partial charge in [-0.3, -0.25) is 14.5 Å². The molecule has 1 aliphatic rings. The van der Waals surface area contributed by atoms with Crippen LogP contribution < -0.4 is 14.4 Å². The second kappa shape index (κ2) is 10.8. The van der Waals surface area contributed by atoms with Crippen molar-refractivity contribution in [2.45, 2.75) is 6.42 Å². The van der Waals surface area contributed by atoms with E-state index in [1.807, 2.05) is 18.2 Å². The molecule has 2 aromatic rings. The fourth-order valence-electron chi connectivity index (χ4n) is 3.12. The molecule has 1 fully saturated rings. The third kappa shape index (κ3) is 5.28. The second-order valence-corrected chi connectivity index (χ2v) is 8.35. The summed E-state index contributed by atoms with van der Waals surface area (Å²) in [6.07, 6.45) is 1.88. The molecule has 1 heterocycles. The summed E-state index contributed by atoms with van der Waals surface area (Å²) < 4.78 is 10.9. The lowest BCUT2D eigenvalue weighted by molar-refractivity contribution is -0.127. The number of amides is 2. The van der Waals surface area contributed by atoms with E-state index in [1.165, 1.54) is 16.9 Å². The van der Waals surface area contributed by atoms with Crippen molar-refractivity contribution in [1.82, 2.24) is 4.90 Å². The Balaban J connectivity index is 1.79. The summed E-state index contributed by atoms with van der Waals surface area (Å²) in [5, 5.41) is 8.96. The van der Waals surface area contributed by atoms with E-state index >= 15 is 0 Å². The van der Waals surface area contributed by atoms with Crippen LogP contribution >= 0.6 is 24.0 Å². The number of benzene rings is 2. The molecule has 9 heteroatoms. The maximum atomic E-state index is 13.0. The van der Waals surface area contributed by atoms with Crippen molar-refractivity contribution in [2.24, 2.45) is 0 Å². The Hall–Kier alpha value is -3.35. The molecule has 0 saturated carbocycles. The number of hydrogen-bond acceptors (Lipinski definition) is 7. The number of carbonyl (C=O) groups excluding carboxylic acids is 2. The highest BCUT2D eigenvalue weighted by Gasteiger charge is 2.34. The van der Waals surface area contributed by atoms with E-state index in [2.05, 4.69) is 6.07 Å². The van der Waals surface area contributed by atoms with Crippen LogP contribution in [0, 0.1) is 11.3 Å². The lowest BCUT2D eigenvalue weighted by atomic mass is 10.2. The number of carbonyl (C=O) groups is 2. The van der Waals surface area contributed by atoms with Crippen LogP contribution in [0.15, 0.2) is 53.4 Å². The van der Waals surface area contributed by atoms with Gasteiger partial charge in [-0.2, -0.15) is 5.26 Å². The highest BCUT2D eigenvalue weighted by molar-refractivity contribution is 8.26. The quantitative estimate of drug-likeness (QED) is 0.431. The predicted molar refractivity (Wildman–Crippen MR) is 128 cm³/mol. The van der Waals surface area contributed by atoms with Crippen molar-refractivity contribution in [3.63, 3.8) is 0 Å². The maximum Gasteiger partial charge on any atom is 0.266 e. The molecule has 164 valence electrons. The van der Waals surface area contributed by atoms with Crippen LogP contribution in [0.4, 0.5) is 5.69 Å². The molecular formula is C23H21N3O4S2. The van der Waals surface area contributed by atoms with Gasteiger partial charge in [0.25, 0.3) is 5.91 Å². The number of nitrogens with zero attached hydrogens (tertiary/aromatic N) is 3. The van der Waals surface area contributed by atoms with Gasteiger partial charge in [-0.1, -0.05) is 48.2 Å². The Morgan fingerprint density at radius 1 is 1.19 bits per heavy atom. The summed E-state index contributed by atoms with van der Waals surface area (Å²) in [5.41, 5.74) is 1.41. The van der Waals surface area contributed by atoms with E-state index < -0.39 is 0 Å². The van der Waals surface area contributed by atoms with Gasteiger partial charge in [0.2, 0.25) is 5.91 Å². The first-order valence-corrected chi connectivity index (χ1v) is 10.9. The molecule has 3 rings (SSSR count). The predicted octanol–water partition coefficient (Wildman–Crippen LogP) is 3.85. The molecular weight excluding hydrogens is 446 g/mol. The van der Waals surface area contributed by atoms with E-state index in [1.54, 1.807) is 43.5 Å². The number of rotatable bonds is 8. The van der Waals surface area contributed by atoms with Crippen LogP contribution in [0.1, 0.15) is 12.0 Å². The molecule has 7 nitrogen and oxygen atoms in total. The number of ether oxygens (including phenoxy) is 2. The molecule has 0 atom stereocenters. The molecule has 0 spiro atoms. The average molecular weight is 468 g/mol. The minimum atomic E-state index is -0.337. The highest BCUT2D eigenvalue weighted by atomic mass is 32.2. The largest absolute Gasteiger partial charge is 0.493 e. The Morgan fingerprint density at radius 3 is 2.56 bits per heavy atom. The summed E-state index contributed by atoms with van der Waals surface area (Å²) in [5.74, 6) is 0.482. The zero-order chi connectivity index (χ0) is 23.1. The monoisotopic (exact) mass is 467 g/mol. The Bertz CT molecular complexity index is 1100. The second-order valence-electron chi connectivity index (χ2n) is 6.67. The normalized spacial score (nSPS) is 14.4. The number of methoxy groups -OCH3 is 2. The van der Waals surface area contributed by atoms with E-state index in [4.69, 9.17) is 27.0 Å². The first-order valence-electron chi connectivity index (χ1n) is 9.68. The van der Waals surface area contributed by atoms with Crippen LogP contribution in [0.5, 0.6) is 11.5 Å². The van der Waals surface area contributed by atoms with E-state index in [9.17, 15) is 9.59 Å². The van der Waals surface area contributed by atoms with Gasteiger partial charge in [-0.15, -0.1) is 0 Å². The topological polar surface area (TPSA) is 82.9 Å². The highest BCUT2D eigenvalue weighted by Crippen LogP contribution is 2.34. The summed E-state index contributed by atoms with van der Waals surface area (Å²) in [6.45, 7) is 0.0316. The zero-order valence-electron chi connectivity index (χ0n) is 17.6. The third-order valence-corrected chi connectivity index (χ3v) is 6.07. The first-order chi connectivity index (χ1) is 15.5. The number of para-hydroxylation sites is 1. The molecule has 1 aliphatic heterocycles. The number of anilines is 1. The van der Waals surface area contributed by atoms with Gasteiger partial charge >= 0.3 is 0 Å². The lowest BCUT2D eigenvalue weighted by Crippen LogP contribution is -2.42. The first kappa shape index (κ1) is 23.3. The molecule has 0 unspecified atom stereocenters. The van der Waals surface area contributed by atoms with Crippen molar-refractivity contribution >= 4 is 51.9 Å². The Labute approximate surface area is 196 Å². The van der Waals surface area contributed by atoms with Crippen LogP contribution in [-0.4, -0.2) is 48.3 Å². The Kier molecular flexibility index (Phi) is 7.87. The molecule has 0 N–H and O–H groups in total. The van der Waals surface area contributed by atoms with Gasteiger partial charge in [0.05, 0.1) is 31.6 Å². The van der Waals surface area contributed by atoms with Crippen molar-refractivity contribution in [1.29, 1.82) is 5.26 Å². The molecule has 32 heavy (non-hydrogen) atoms. The van der Waals surface area contributed by atoms with Gasteiger partial charge in [-0.05, 0) is 35.9 Å². The minimum absolute atomic E-state index is 0.179. The van der Waals surface area contributed by atoms with Gasteiger partial charge < -0.3 is 14.4 Å². The Morgan fingerprint density at radius 2 is 1.91 bits per heavy atom. The summed E-state index contributed by atoms with van der Waals surface area (Å²) >= 11 is 6.51. The van der Waals surface area contributed by atoms with Gasteiger partial charge in [0, 0.05) is 12.2 Å².